The van der Waals surface area contributed by atoms with Crippen molar-refractivity contribution < 1.29 is 9.90 Å². The van der Waals surface area contributed by atoms with Gasteiger partial charge in [0.1, 0.15) is 0 Å². The molecule has 2 atom stereocenters. The molecule has 4 heteroatoms. The molecule has 1 fully saturated rings. The van der Waals surface area contributed by atoms with Gasteiger partial charge < -0.3 is 15.7 Å². The summed E-state index contributed by atoms with van der Waals surface area (Å²) >= 11 is 0. The van der Waals surface area contributed by atoms with Crippen molar-refractivity contribution in [2.24, 2.45) is 0 Å². The summed E-state index contributed by atoms with van der Waals surface area (Å²) in [7, 11) is 0. The zero-order chi connectivity index (χ0) is 13.7. The van der Waals surface area contributed by atoms with E-state index in [1.807, 2.05) is 37.3 Å². The predicted octanol–water partition coefficient (Wildman–Crippen LogP) is 1.37. The maximum Gasteiger partial charge on any atom is 0.234 e. The standard InChI is InChI=1S/C15H22N2O2/c1-11(17-15(19)10-16-13-7-8-13)9-14(18)12-5-3-2-4-6-12/h2-6,11,13-14,16,18H,7-10H2,1H3,(H,17,19). The van der Waals surface area contributed by atoms with Crippen LogP contribution in [-0.4, -0.2) is 29.6 Å². The normalized spacial score (nSPS) is 17.8. The van der Waals surface area contributed by atoms with Crippen LogP contribution in [-0.2, 0) is 4.79 Å². The van der Waals surface area contributed by atoms with Gasteiger partial charge in [-0.2, -0.15) is 0 Å². The van der Waals surface area contributed by atoms with E-state index in [9.17, 15) is 9.90 Å². The zero-order valence-corrected chi connectivity index (χ0v) is 11.3. The van der Waals surface area contributed by atoms with Gasteiger partial charge in [-0.15, -0.1) is 0 Å². The lowest BCUT2D eigenvalue weighted by atomic mass is 10.0. The second-order valence-electron chi connectivity index (χ2n) is 5.29. The van der Waals surface area contributed by atoms with E-state index in [1.54, 1.807) is 0 Å². The molecule has 2 rings (SSSR count). The molecule has 1 aromatic carbocycles. The Morgan fingerprint density at radius 3 is 2.68 bits per heavy atom. The minimum atomic E-state index is -0.534. The molecule has 0 spiro atoms. The molecule has 1 saturated carbocycles. The van der Waals surface area contributed by atoms with E-state index in [1.165, 1.54) is 12.8 Å². The number of aliphatic hydroxyl groups excluding tert-OH is 1. The van der Waals surface area contributed by atoms with E-state index in [4.69, 9.17) is 0 Å². The molecular formula is C15H22N2O2. The van der Waals surface area contributed by atoms with Crippen LogP contribution >= 0.6 is 0 Å². The maximum atomic E-state index is 11.6. The Balaban J connectivity index is 1.70. The number of carbonyl (C=O) groups is 1. The molecule has 0 radical (unpaired) electrons. The Hall–Kier alpha value is -1.39. The summed E-state index contributed by atoms with van der Waals surface area (Å²) in [5, 5.41) is 16.1. The Kier molecular flexibility index (Phi) is 4.93. The first-order chi connectivity index (χ1) is 9.15. The lowest BCUT2D eigenvalue weighted by Gasteiger charge is -2.18. The number of aliphatic hydroxyl groups is 1. The quantitative estimate of drug-likeness (QED) is 0.695. The van der Waals surface area contributed by atoms with Crippen molar-refractivity contribution in [2.45, 2.75) is 44.4 Å². The minimum Gasteiger partial charge on any atom is -0.388 e. The summed E-state index contributed by atoms with van der Waals surface area (Å²) in [4.78, 5) is 11.6. The van der Waals surface area contributed by atoms with E-state index in [-0.39, 0.29) is 11.9 Å². The lowest BCUT2D eigenvalue weighted by Crippen LogP contribution is -2.40. The predicted molar refractivity (Wildman–Crippen MR) is 74.6 cm³/mol. The van der Waals surface area contributed by atoms with Crippen LogP contribution in [0.4, 0.5) is 0 Å². The third-order valence-electron chi connectivity index (χ3n) is 3.30. The first-order valence-electron chi connectivity index (χ1n) is 6.91. The van der Waals surface area contributed by atoms with Gasteiger partial charge in [0.2, 0.25) is 5.91 Å². The SMILES string of the molecule is CC(CC(O)c1ccccc1)NC(=O)CNC1CC1. The smallest absolute Gasteiger partial charge is 0.234 e. The van der Waals surface area contributed by atoms with Crippen LogP contribution in [0, 0.1) is 0 Å². The van der Waals surface area contributed by atoms with Gasteiger partial charge in [-0.25, -0.2) is 0 Å². The van der Waals surface area contributed by atoms with Crippen molar-refractivity contribution in [3.05, 3.63) is 35.9 Å². The van der Waals surface area contributed by atoms with E-state index in [2.05, 4.69) is 10.6 Å². The van der Waals surface area contributed by atoms with Crippen molar-refractivity contribution >= 4 is 5.91 Å². The maximum absolute atomic E-state index is 11.6. The minimum absolute atomic E-state index is 0.000313. The summed E-state index contributed by atoms with van der Waals surface area (Å²) in [6.45, 7) is 2.29. The molecule has 0 aliphatic heterocycles. The average molecular weight is 262 g/mol. The van der Waals surface area contributed by atoms with Crippen molar-refractivity contribution in [2.75, 3.05) is 6.54 Å². The molecule has 2 unspecified atom stereocenters. The Labute approximate surface area is 114 Å². The van der Waals surface area contributed by atoms with Gasteiger partial charge in [-0.3, -0.25) is 4.79 Å². The molecular weight excluding hydrogens is 240 g/mol. The summed E-state index contributed by atoms with van der Waals surface area (Å²) in [6.07, 6.45) is 2.34. The van der Waals surface area contributed by atoms with E-state index in [0.29, 0.717) is 19.0 Å². The van der Waals surface area contributed by atoms with Gasteiger partial charge in [0, 0.05) is 12.1 Å². The highest BCUT2D eigenvalue weighted by atomic mass is 16.3. The first kappa shape index (κ1) is 14.0. The molecule has 4 nitrogen and oxygen atoms in total. The summed E-state index contributed by atoms with van der Waals surface area (Å²) in [5.74, 6) is -0.000313. The Morgan fingerprint density at radius 1 is 1.37 bits per heavy atom. The molecule has 19 heavy (non-hydrogen) atoms. The third-order valence-corrected chi connectivity index (χ3v) is 3.30. The molecule has 0 bridgehead atoms. The summed E-state index contributed by atoms with van der Waals surface area (Å²) in [6, 6.07) is 10.0. The molecule has 104 valence electrons. The van der Waals surface area contributed by atoms with Gasteiger partial charge in [0.05, 0.1) is 12.6 Å². The summed E-state index contributed by atoms with van der Waals surface area (Å²) in [5.41, 5.74) is 0.889. The highest BCUT2D eigenvalue weighted by Crippen LogP contribution is 2.18. The molecule has 1 aliphatic carbocycles. The van der Waals surface area contributed by atoms with Crippen LogP contribution < -0.4 is 10.6 Å². The second-order valence-corrected chi connectivity index (χ2v) is 5.29. The fourth-order valence-corrected chi connectivity index (χ4v) is 2.06. The van der Waals surface area contributed by atoms with Crippen LogP contribution in [0.1, 0.15) is 37.9 Å². The van der Waals surface area contributed by atoms with Gasteiger partial charge in [0.15, 0.2) is 0 Å². The van der Waals surface area contributed by atoms with E-state index in [0.717, 1.165) is 5.56 Å². The largest absolute Gasteiger partial charge is 0.388 e. The fourth-order valence-electron chi connectivity index (χ4n) is 2.06. The van der Waals surface area contributed by atoms with Gasteiger partial charge in [-0.05, 0) is 31.7 Å². The number of hydrogen-bond acceptors (Lipinski definition) is 3. The number of benzene rings is 1. The molecule has 1 amide bonds. The Morgan fingerprint density at radius 2 is 2.05 bits per heavy atom. The van der Waals surface area contributed by atoms with Crippen molar-refractivity contribution in [1.29, 1.82) is 0 Å². The van der Waals surface area contributed by atoms with Crippen molar-refractivity contribution in [3.63, 3.8) is 0 Å². The van der Waals surface area contributed by atoms with Crippen LogP contribution in [0.25, 0.3) is 0 Å². The topological polar surface area (TPSA) is 61.4 Å². The monoisotopic (exact) mass is 262 g/mol. The van der Waals surface area contributed by atoms with Gasteiger partial charge in [-0.1, -0.05) is 30.3 Å². The van der Waals surface area contributed by atoms with E-state index < -0.39 is 6.10 Å². The number of amides is 1. The van der Waals surface area contributed by atoms with Gasteiger partial charge >= 0.3 is 0 Å². The van der Waals surface area contributed by atoms with Crippen molar-refractivity contribution in [3.8, 4) is 0 Å². The third kappa shape index (κ3) is 5.01. The van der Waals surface area contributed by atoms with Crippen LogP contribution in [0.2, 0.25) is 0 Å². The number of carbonyl (C=O) groups excluding carboxylic acids is 1. The average Bonchev–Trinajstić information content (AvgIpc) is 3.21. The summed E-state index contributed by atoms with van der Waals surface area (Å²) < 4.78 is 0. The Bertz CT molecular complexity index is 404. The molecule has 1 aliphatic rings. The molecule has 3 N–H and O–H groups in total. The number of rotatable bonds is 7. The lowest BCUT2D eigenvalue weighted by molar-refractivity contribution is -0.121. The van der Waals surface area contributed by atoms with Crippen LogP contribution in [0.3, 0.4) is 0 Å². The molecule has 1 aromatic rings. The van der Waals surface area contributed by atoms with Gasteiger partial charge in [0.25, 0.3) is 0 Å². The molecule has 0 heterocycles. The van der Waals surface area contributed by atoms with Crippen molar-refractivity contribution in [1.82, 2.24) is 10.6 Å². The van der Waals surface area contributed by atoms with Crippen LogP contribution in [0.15, 0.2) is 30.3 Å². The number of hydrogen-bond donors (Lipinski definition) is 3. The highest BCUT2D eigenvalue weighted by molar-refractivity contribution is 5.78. The first-order valence-corrected chi connectivity index (χ1v) is 6.91. The highest BCUT2D eigenvalue weighted by Gasteiger charge is 2.21. The van der Waals surface area contributed by atoms with E-state index >= 15 is 0 Å². The number of nitrogens with one attached hydrogen (secondary N) is 2. The molecule has 0 saturated heterocycles. The zero-order valence-electron chi connectivity index (χ0n) is 11.3. The van der Waals surface area contributed by atoms with Crippen LogP contribution in [0.5, 0.6) is 0 Å². The second kappa shape index (κ2) is 6.68. The fraction of sp³-hybridized carbons (Fsp3) is 0.533. The molecule has 0 aromatic heterocycles.